The molecular formula is C7H12ClN3. The van der Waals surface area contributed by atoms with Crippen molar-refractivity contribution in [2.24, 2.45) is 0 Å². The van der Waals surface area contributed by atoms with Gasteiger partial charge in [-0.15, -0.1) is 0 Å². The van der Waals surface area contributed by atoms with Gasteiger partial charge >= 0.3 is 0 Å². The molecule has 1 rings (SSSR count). The van der Waals surface area contributed by atoms with Gasteiger partial charge in [-0.2, -0.15) is 0 Å². The van der Waals surface area contributed by atoms with Crippen molar-refractivity contribution in [3.05, 3.63) is 17.4 Å². The molecule has 4 heteroatoms. The fourth-order valence-corrected chi connectivity index (χ4v) is 0.621. The topological polar surface area (TPSA) is 64.9 Å². The molecule has 1 aromatic rings. The third-order valence-corrected chi connectivity index (χ3v) is 1.14. The summed E-state index contributed by atoms with van der Waals surface area (Å²) in [5.41, 5.74) is 11.6. The van der Waals surface area contributed by atoms with Crippen LogP contribution in [-0.2, 0) is 0 Å². The molecule has 0 spiro atoms. The summed E-state index contributed by atoms with van der Waals surface area (Å²) < 4.78 is 0. The van der Waals surface area contributed by atoms with E-state index in [1.165, 1.54) is 12.3 Å². The van der Waals surface area contributed by atoms with Crippen LogP contribution in [0.2, 0.25) is 5.15 Å². The Labute approximate surface area is 71.4 Å². The minimum absolute atomic E-state index is 0.363. The molecule has 0 aliphatic carbocycles. The summed E-state index contributed by atoms with van der Waals surface area (Å²) in [6.07, 6.45) is 1.43. The van der Waals surface area contributed by atoms with Crippen LogP contribution >= 0.6 is 11.6 Å². The maximum absolute atomic E-state index is 5.47. The van der Waals surface area contributed by atoms with E-state index < -0.39 is 0 Å². The highest BCUT2D eigenvalue weighted by Gasteiger charge is 1.93. The first-order valence-electron chi connectivity index (χ1n) is 3.36. The van der Waals surface area contributed by atoms with Crippen LogP contribution in [0.4, 0.5) is 11.4 Å². The van der Waals surface area contributed by atoms with Crippen LogP contribution in [0.3, 0.4) is 0 Å². The minimum atomic E-state index is 0.363. The average molecular weight is 174 g/mol. The molecule has 1 heterocycles. The molecule has 0 fully saturated rings. The van der Waals surface area contributed by atoms with E-state index in [2.05, 4.69) is 4.98 Å². The molecule has 0 saturated carbocycles. The van der Waals surface area contributed by atoms with Crippen LogP contribution in [0, 0.1) is 0 Å². The zero-order valence-electron chi connectivity index (χ0n) is 6.63. The lowest BCUT2D eigenvalue weighted by Crippen LogP contribution is -1.94. The second-order valence-electron chi connectivity index (χ2n) is 1.64. The Morgan fingerprint density at radius 1 is 1.27 bits per heavy atom. The Morgan fingerprint density at radius 3 is 2.18 bits per heavy atom. The smallest absolute Gasteiger partial charge is 0.131 e. The molecule has 0 unspecified atom stereocenters. The number of anilines is 2. The molecule has 3 nitrogen and oxygen atoms in total. The molecule has 4 N–H and O–H groups in total. The first kappa shape index (κ1) is 10.0. The number of hydrogen-bond donors (Lipinski definition) is 2. The number of hydrogen-bond acceptors (Lipinski definition) is 3. The number of rotatable bonds is 0. The first-order chi connectivity index (χ1) is 5.20. The zero-order valence-corrected chi connectivity index (χ0v) is 7.39. The van der Waals surface area contributed by atoms with Gasteiger partial charge in [0.05, 0.1) is 17.6 Å². The maximum atomic E-state index is 5.47. The van der Waals surface area contributed by atoms with Crippen molar-refractivity contribution < 1.29 is 0 Å². The van der Waals surface area contributed by atoms with Crippen LogP contribution in [0.15, 0.2) is 12.3 Å². The highest BCUT2D eigenvalue weighted by Crippen LogP contribution is 2.15. The summed E-state index contributed by atoms with van der Waals surface area (Å²) in [7, 11) is 0. The molecule has 0 amide bonds. The normalized spacial score (nSPS) is 8.27. The third kappa shape index (κ3) is 3.09. The van der Waals surface area contributed by atoms with Gasteiger partial charge in [0, 0.05) is 6.07 Å². The molecule has 0 aromatic carbocycles. The van der Waals surface area contributed by atoms with E-state index in [4.69, 9.17) is 23.1 Å². The van der Waals surface area contributed by atoms with Gasteiger partial charge in [0.15, 0.2) is 0 Å². The van der Waals surface area contributed by atoms with Crippen LogP contribution in [0.1, 0.15) is 13.8 Å². The monoisotopic (exact) mass is 173 g/mol. The van der Waals surface area contributed by atoms with E-state index in [1.54, 1.807) is 0 Å². The Bertz CT molecular complexity index is 225. The number of nitrogens with two attached hydrogens (primary N) is 2. The maximum Gasteiger partial charge on any atom is 0.131 e. The number of nitrogens with zero attached hydrogens (tertiary/aromatic N) is 1. The van der Waals surface area contributed by atoms with E-state index >= 15 is 0 Å². The molecule has 1 aromatic heterocycles. The van der Waals surface area contributed by atoms with Gasteiger partial charge in [0.2, 0.25) is 0 Å². The van der Waals surface area contributed by atoms with E-state index in [1.807, 2.05) is 13.8 Å². The van der Waals surface area contributed by atoms with Gasteiger partial charge in [0.1, 0.15) is 5.15 Å². The summed E-state index contributed by atoms with van der Waals surface area (Å²) in [5, 5.41) is 0.363. The molecule has 0 saturated heterocycles. The lowest BCUT2D eigenvalue weighted by molar-refractivity contribution is 1.33. The summed E-state index contributed by atoms with van der Waals surface area (Å²) in [4.78, 5) is 3.70. The van der Waals surface area contributed by atoms with Crippen molar-refractivity contribution in [1.82, 2.24) is 4.98 Å². The second-order valence-corrected chi connectivity index (χ2v) is 2.02. The van der Waals surface area contributed by atoms with Crippen LogP contribution in [0.5, 0.6) is 0 Å². The van der Waals surface area contributed by atoms with Crippen molar-refractivity contribution in [2.75, 3.05) is 11.5 Å². The minimum Gasteiger partial charge on any atom is -0.397 e. The van der Waals surface area contributed by atoms with Crippen LogP contribution in [0.25, 0.3) is 0 Å². The predicted octanol–water partition coefficient (Wildman–Crippen LogP) is 1.93. The van der Waals surface area contributed by atoms with Crippen LogP contribution in [-0.4, -0.2) is 4.98 Å². The molecule has 0 radical (unpaired) electrons. The summed E-state index contributed by atoms with van der Waals surface area (Å²) in [6, 6.07) is 1.51. The number of nitrogen functional groups attached to an aromatic ring is 2. The SMILES string of the molecule is CC.Nc1cnc(Cl)cc1N. The predicted molar refractivity (Wildman–Crippen MR) is 49.4 cm³/mol. The van der Waals surface area contributed by atoms with E-state index in [-0.39, 0.29) is 0 Å². The van der Waals surface area contributed by atoms with Crippen molar-refractivity contribution in [3.63, 3.8) is 0 Å². The highest BCUT2D eigenvalue weighted by molar-refractivity contribution is 6.29. The summed E-state index contributed by atoms with van der Waals surface area (Å²) in [6.45, 7) is 4.00. The van der Waals surface area contributed by atoms with Crippen molar-refractivity contribution in [1.29, 1.82) is 0 Å². The second kappa shape index (κ2) is 4.79. The Balaban J connectivity index is 0.000000461. The molecule has 11 heavy (non-hydrogen) atoms. The molecular weight excluding hydrogens is 162 g/mol. The number of halogens is 1. The summed E-state index contributed by atoms with van der Waals surface area (Å²) in [5.74, 6) is 0. The molecule has 0 bridgehead atoms. The first-order valence-corrected chi connectivity index (χ1v) is 3.74. The van der Waals surface area contributed by atoms with Gasteiger partial charge in [-0.05, 0) is 0 Å². The van der Waals surface area contributed by atoms with Gasteiger partial charge < -0.3 is 11.5 Å². The van der Waals surface area contributed by atoms with Crippen molar-refractivity contribution >= 4 is 23.0 Å². The van der Waals surface area contributed by atoms with Gasteiger partial charge in [0.25, 0.3) is 0 Å². The van der Waals surface area contributed by atoms with E-state index in [9.17, 15) is 0 Å². The fraction of sp³-hybridized carbons (Fsp3) is 0.286. The van der Waals surface area contributed by atoms with Gasteiger partial charge in [-0.3, -0.25) is 0 Å². The van der Waals surface area contributed by atoms with Crippen molar-refractivity contribution in [3.8, 4) is 0 Å². The quantitative estimate of drug-likeness (QED) is 0.590. The van der Waals surface area contributed by atoms with Crippen LogP contribution < -0.4 is 11.5 Å². The van der Waals surface area contributed by atoms with E-state index in [0.29, 0.717) is 16.5 Å². The van der Waals surface area contributed by atoms with Gasteiger partial charge in [-0.25, -0.2) is 4.98 Å². The standard InChI is InChI=1S/C5H6ClN3.C2H6/c6-5-1-3(7)4(8)2-9-5;1-2/h1-2H,8H2,(H2,7,9);1-2H3. The fourth-order valence-electron chi connectivity index (χ4n) is 0.455. The highest BCUT2D eigenvalue weighted by atomic mass is 35.5. The van der Waals surface area contributed by atoms with Crippen molar-refractivity contribution in [2.45, 2.75) is 13.8 Å². The Hall–Kier alpha value is -0.960. The van der Waals surface area contributed by atoms with E-state index in [0.717, 1.165) is 0 Å². The average Bonchev–Trinajstić information content (AvgIpc) is 2.02. The lowest BCUT2D eigenvalue weighted by atomic mass is 10.4. The third-order valence-electron chi connectivity index (χ3n) is 0.935. The molecule has 0 atom stereocenters. The lowest BCUT2D eigenvalue weighted by Gasteiger charge is -1.96. The number of aromatic nitrogens is 1. The Kier molecular flexibility index (Phi) is 4.38. The van der Waals surface area contributed by atoms with Gasteiger partial charge in [-0.1, -0.05) is 25.4 Å². The Morgan fingerprint density at radius 2 is 1.82 bits per heavy atom. The molecule has 62 valence electrons. The molecule has 0 aliphatic rings. The summed E-state index contributed by atoms with van der Waals surface area (Å²) >= 11 is 5.47. The largest absolute Gasteiger partial charge is 0.397 e. The number of pyridine rings is 1. The molecule has 0 aliphatic heterocycles. The zero-order chi connectivity index (χ0) is 8.85.